The maximum Gasteiger partial charge on any atom is 0.338 e. The first kappa shape index (κ1) is 23.4. The first-order valence-corrected chi connectivity index (χ1v) is 9.71. The molecule has 158 valence electrons. The molecule has 2 aromatic carbocycles. The first-order chi connectivity index (χ1) is 14.3. The van der Waals surface area contributed by atoms with Crippen LogP contribution in [-0.2, 0) is 9.53 Å². The van der Waals surface area contributed by atoms with Crippen molar-refractivity contribution in [3.63, 3.8) is 0 Å². The van der Waals surface area contributed by atoms with Crippen LogP contribution in [0.2, 0.25) is 10.0 Å². The summed E-state index contributed by atoms with van der Waals surface area (Å²) in [6.07, 6.45) is 0. The number of benzene rings is 2. The fourth-order valence-corrected chi connectivity index (χ4v) is 2.77. The Labute approximate surface area is 187 Å². The molecule has 2 aromatic rings. The Morgan fingerprint density at radius 2 is 1.60 bits per heavy atom. The van der Waals surface area contributed by atoms with Gasteiger partial charge in [-0.15, -0.1) is 0 Å². The molecular weight excluding hydrogens is 453 g/mol. The highest BCUT2D eigenvalue weighted by Crippen LogP contribution is 2.19. The lowest BCUT2D eigenvalue weighted by atomic mass is 10.2. The minimum Gasteiger partial charge on any atom is -0.484 e. The molecule has 0 atom stereocenters. The summed E-state index contributed by atoms with van der Waals surface area (Å²) in [5, 5.41) is 2.83. The predicted molar refractivity (Wildman–Crippen MR) is 116 cm³/mol. The number of carbonyl (C=O) groups is 3. The highest BCUT2D eigenvalue weighted by atomic mass is 35.5. The fraction of sp³-hybridized carbons (Fsp3) is 0.158. The standard InChI is InChI=1S/C19H17Cl2N3O5S/c1-2-28-18(27)11-3-5-15(6-4-11)29-10-16(25)23-24-19(30)22-17(26)12-7-13(20)9-14(21)8-12/h3-9H,2,10H2,1H3,(H,23,25)(H2,22,24,26,30). The number of halogens is 2. The van der Waals surface area contributed by atoms with Gasteiger partial charge in [0.15, 0.2) is 11.7 Å². The average molecular weight is 470 g/mol. The number of rotatable bonds is 6. The van der Waals surface area contributed by atoms with Gasteiger partial charge in [-0.2, -0.15) is 0 Å². The molecule has 0 aromatic heterocycles. The van der Waals surface area contributed by atoms with E-state index in [2.05, 4.69) is 16.2 Å². The zero-order chi connectivity index (χ0) is 22.1. The molecule has 2 amide bonds. The quantitative estimate of drug-likeness (QED) is 0.339. The Morgan fingerprint density at radius 1 is 0.967 bits per heavy atom. The number of hydrogen-bond donors (Lipinski definition) is 3. The van der Waals surface area contributed by atoms with E-state index in [-0.39, 0.29) is 23.9 Å². The van der Waals surface area contributed by atoms with Gasteiger partial charge in [0.2, 0.25) is 0 Å². The number of hydrogen-bond acceptors (Lipinski definition) is 6. The van der Waals surface area contributed by atoms with E-state index in [9.17, 15) is 14.4 Å². The minimum absolute atomic E-state index is 0.136. The molecule has 0 bridgehead atoms. The molecule has 0 saturated heterocycles. The molecule has 11 heteroatoms. The van der Waals surface area contributed by atoms with E-state index < -0.39 is 17.8 Å². The third-order valence-electron chi connectivity index (χ3n) is 3.40. The Morgan fingerprint density at radius 3 is 2.20 bits per heavy atom. The van der Waals surface area contributed by atoms with Crippen LogP contribution >= 0.6 is 35.4 Å². The number of nitrogens with one attached hydrogen (secondary N) is 3. The second kappa shape index (κ2) is 11.3. The molecule has 0 aliphatic rings. The van der Waals surface area contributed by atoms with Gasteiger partial charge in [0.05, 0.1) is 12.2 Å². The Balaban J connectivity index is 1.75. The van der Waals surface area contributed by atoms with Crippen LogP contribution in [0.4, 0.5) is 0 Å². The summed E-state index contributed by atoms with van der Waals surface area (Å²) in [5.41, 5.74) is 5.24. The second-order valence-corrected chi connectivity index (χ2v) is 6.93. The third-order valence-corrected chi connectivity index (χ3v) is 4.04. The van der Waals surface area contributed by atoms with E-state index in [0.29, 0.717) is 21.4 Å². The van der Waals surface area contributed by atoms with Gasteiger partial charge < -0.3 is 9.47 Å². The van der Waals surface area contributed by atoms with E-state index in [4.69, 9.17) is 44.9 Å². The van der Waals surface area contributed by atoms with Crippen LogP contribution in [0.15, 0.2) is 42.5 Å². The average Bonchev–Trinajstić information content (AvgIpc) is 2.70. The van der Waals surface area contributed by atoms with Gasteiger partial charge in [-0.1, -0.05) is 23.2 Å². The summed E-state index contributed by atoms with van der Waals surface area (Å²) in [6, 6.07) is 10.4. The first-order valence-electron chi connectivity index (χ1n) is 8.54. The molecule has 8 nitrogen and oxygen atoms in total. The van der Waals surface area contributed by atoms with Crippen molar-refractivity contribution in [3.8, 4) is 5.75 Å². The Kier molecular flexibility index (Phi) is 8.85. The van der Waals surface area contributed by atoms with Crippen molar-refractivity contribution in [2.75, 3.05) is 13.2 Å². The lowest BCUT2D eigenvalue weighted by Gasteiger charge is -2.12. The van der Waals surface area contributed by atoms with Crippen molar-refractivity contribution in [1.82, 2.24) is 16.2 Å². The van der Waals surface area contributed by atoms with Crippen molar-refractivity contribution >= 4 is 58.3 Å². The van der Waals surface area contributed by atoms with E-state index in [1.54, 1.807) is 6.92 Å². The van der Waals surface area contributed by atoms with Crippen LogP contribution in [0.1, 0.15) is 27.6 Å². The number of ether oxygens (including phenoxy) is 2. The summed E-state index contributed by atoms with van der Waals surface area (Å²) in [5.74, 6) is -1.16. The van der Waals surface area contributed by atoms with E-state index >= 15 is 0 Å². The SMILES string of the molecule is CCOC(=O)c1ccc(OCC(=O)NNC(=S)NC(=O)c2cc(Cl)cc(Cl)c2)cc1. The molecule has 0 heterocycles. The van der Waals surface area contributed by atoms with Crippen molar-refractivity contribution in [2.24, 2.45) is 0 Å². The summed E-state index contributed by atoms with van der Waals surface area (Å²) in [6.45, 7) is 1.66. The van der Waals surface area contributed by atoms with Crippen LogP contribution in [0.25, 0.3) is 0 Å². The number of esters is 1. The molecule has 0 spiro atoms. The van der Waals surface area contributed by atoms with Crippen LogP contribution in [0.5, 0.6) is 5.75 Å². The molecule has 0 saturated carbocycles. The zero-order valence-electron chi connectivity index (χ0n) is 15.7. The number of thiocarbonyl (C=S) groups is 1. The predicted octanol–water partition coefficient (Wildman–Crippen LogP) is 2.88. The van der Waals surface area contributed by atoms with Crippen LogP contribution < -0.4 is 20.9 Å². The van der Waals surface area contributed by atoms with Crippen molar-refractivity contribution < 1.29 is 23.9 Å². The minimum atomic E-state index is -0.552. The van der Waals surface area contributed by atoms with Crippen molar-refractivity contribution in [2.45, 2.75) is 6.92 Å². The molecule has 3 N–H and O–H groups in total. The third kappa shape index (κ3) is 7.51. The summed E-state index contributed by atoms with van der Waals surface area (Å²) in [7, 11) is 0. The molecular formula is C19H17Cl2N3O5S. The molecule has 0 unspecified atom stereocenters. The fourth-order valence-electron chi connectivity index (χ4n) is 2.10. The van der Waals surface area contributed by atoms with Gasteiger partial charge in [0.25, 0.3) is 11.8 Å². The lowest BCUT2D eigenvalue weighted by Crippen LogP contribution is -2.49. The summed E-state index contributed by atoms with van der Waals surface area (Å²) >= 11 is 16.6. The lowest BCUT2D eigenvalue weighted by molar-refractivity contribution is -0.123. The van der Waals surface area contributed by atoms with Gasteiger partial charge in [-0.25, -0.2) is 4.79 Å². The van der Waals surface area contributed by atoms with Crippen molar-refractivity contribution in [3.05, 3.63) is 63.6 Å². The summed E-state index contributed by atoms with van der Waals surface area (Å²) in [4.78, 5) is 35.5. The number of carbonyl (C=O) groups excluding carboxylic acids is 3. The van der Waals surface area contributed by atoms with Gasteiger partial charge in [-0.3, -0.25) is 25.8 Å². The number of amides is 2. The van der Waals surface area contributed by atoms with Gasteiger partial charge in [0, 0.05) is 15.6 Å². The van der Waals surface area contributed by atoms with E-state index in [1.807, 2.05) is 0 Å². The molecule has 2 rings (SSSR count). The van der Waals surface area contributed by atoms with Crippen LogP contribution in [0.3, 0.4) is 0 Å². The molecule has 0 aliphatic carbocycles. The monoisotopic (exact) mass is 469 g/mol. The number of hydrazine groups is 1. The highest BCUT2D eigenvalue weighted by Gasteiger charge is 2.11. The topological polar surface area (TPSA) is 106 Å². The van der Waals surface area contributed by atoms with Crippen LogP contribution in [-0.4, -0.2) is 36.1 Å². The van der Waals surface area contributed by atoms with E-state index in [1.165, 1.54) is 42.5 Å². The van der Waals surface area contributed by atoms with Gasteiger partial charge in [-0.05, 0) is 61.6 Å². The Hall–Kier alpha value is -2.88. The van der Waals surface area contributed by atoms with Gasteiger partial charge in [0.1, 0.15) is 5.75 Å². The highest BCUT2D eigenvalue weighted by molar-refractivity contribution is 7.80. The maximum atomic E-state index is 12.1. The Bertz CT molecular complexity index is 933. The van der Waals surface area contributed by atoms with Crippen molar-refractivity contribution in [1.29, 1.82) is 0 Å². The van der Waals surface area contributed by atoms with E-state index in [0.717, 1.165) is 0 Å². The molecule has 30 heavy (non-hydrogen) atoms. The molecule has 0 aliphatic heterocycles. The zero-order valence-corrected chi connectivity index (χ0v) is 18.0. The summed E-state index contributed by atoms with van der Waals surface area (Å²) < 4.78 is 10.2. The smallest absolute Gasteiger partial charge is 0.338 e. The largest absolute Gasteiger partial charge is 0.484 e. The molecule has 0 fully saturated rings. The molecule has 0 radical (unpaired) electrons. The second-order valence-electron chi connectivity index (χ2n) is 5.65. The maximum absolute atomic E-state index is 12.1. The van der Waals surface area contributed by atoms with Gasteiger partial charge >= 0.3 is 5.97 Å². The van der Waals surface area contributed by atoms with Crippen LogP contribution in [0, 0.1) is 0 Å². The normalized spacial score (nSPS) is 9.97.